The first-order valence-corrected chi connectivity index (χ1v) is 6.32. The van der Waals surface area contributed by atoms with Gasteiger partial charge in [-0.25, -0.2) is 4.98 Å². The summed E-state index contributed by atoms with van der Waals surface area (Å²) >= 11 is 0. The molecule has 1 heterocycles. The van der Waals surface area contributed by atoms with Crippen LogP contribution in [-0.4, -0.2) is 11.5 Å². The smallest absolute Gasteiger partial charge is 0.200 e. The Balaban J connectivity index is 2.22. The van der Waals surface area contributed by atoms with E-state index < -0.39 is 0 Å². The van der Waals surface area contributed by atoms with Crippen LogP contribution >= 0.6 is 0 Å². The lowest BCUT2D eigenvalue weighted by molar-refractivity contribution is 0.252. The molecule has 1 aromatic rings. The number of nitrogens with zero attached hydrogens (tertiary/aromatic N) is 1. The standard InChI is InChI=1S/C13H22N2O/c1-10-11(6-9-14)16-12(15-10)13(2)7-4-3-5-8-13/h3-9,14H2,1-2H3. The molecule has 1 aliphatic carbocycles. The molecular weight excluding hydrogens is 200 g/mol. The van der Waals surface area contributed by atoms with Gasteiger partial charge in [-0.3, -0.25) is 0 Å². The van der Waals surface area contributed by atoms with E-state index in [0.29, 0.717) is 6.54 Å². The maximum Gasteiger partial charge on any atom is 0.200 e. The van der Waals surface area contributed by atoms with Crippen LogP contribution in [0, 0.1) is 6.92 Å². The van der Waals surface area contributed by atoms with Crippen molar-refractivity contribution in [1.82, 2.24) is 4.98 Å². The fourth-order valence-corrected chi connectivity index (χ4v) is 2.60. The molecule has 0 amide bonds. The number of rotatable bonds is 3. The zero-order chi connectivity index (χ0) is 11.6. The van der Waals surface area contributed by atoms with Gasteiger partial charge in [0.1, 0.15) is 5.76 Å². The molecule has 3 nitrogen and oxygen atoms in total. The first-order valence-electron chi connectivity index (χ1n) is 6.32. The highest BCUT2D eigenvalue weighted by Gasteiger charge is 2.33. The number of hydrogen-bond donors (Lipinski definition) is 1. The van der Waals surface area contributed by atoms with Crippen LogP contribution in [0.15, 0.2) is 4.42 Å². The molecule has 3 heteroatoms. The van der Waals surface area contributed by atoms with Crippen molar-refractivity contribution in [2.45, 2.75) is 57.8 Å². The second-order valence-electron chi connectivity index (χ2n) is 5.19. The van der Waals surface area contributed by atoms with Gasteiger partial charge >= 0.3 is 0 Å². The molecule has 0 saturated heterocycles. The van der Waals surface area contributed by atoms with Crippen molar-refractivity contribution in [1.29, 1.82) is 0 Å². The lowest BCUT2D eigenvalue weighted by Gasteiger charge is -2.30. The van der Waals surface area contributed by atoms with E-state index >= 15 is 0 Å². The van der Waals surface area contributed by atoms with E-state index in [2.05, 4.69) is 11.9 Å². The van der Waals surface area contributed by atoms with Gasteiger partial charge in [0.15, 0.2) is 0 Å². The van der Waals surface area contributed by atoms with Crippen LogP contribution in [0.5, 0.6) is 0 Å². The van der Waals surface area contributed by atoms with Crippen molar-refractivity contribution in [3.63, 3.8) is 0 Å². The Bertz CT molecular complexity index is 351. The third kappa shape index (κ3) is 2.14. The molecule has 16 heavy (non-hydrogen) atoms. The molecule has 0 spiro atoms. The van der Waals surface area contributed by atoms with Crippen molar-refractivity contribution in [3.8, 4) is 0 Å². The zero-order valence-corrected chi connectivity index (χ0v) is 10.4. The van der Waals surface area contributed by atoms with Crippen LogP contribution in [0.1, 0.15) is 56.4 Å². The highest BCUT2D eigenvalue weighted by molar-refractivity contribution is 5.14. The van der Waals surface area contributed by atoms with Crippen LogP contribution in [0.3, 0.4) is 0 Å². The second-order valence-corrected chi connectivity index (χ2v) is 5.19. The number of nitrogens with two attached hydrogens (primary N) is 1. The molecule has 0 bridgehead atoms. The van der Waals surface area contributed by atoms with Gasteiger partial charge in [0.2, 0.25) is 5.89 Å². The zero-order valence-electron chi connectivity index (χ0n) is 10.4. The normalized spacial score (nSPS) is 19.9. The fraction of sp³-hybridized carbons (Fsp3) is 0.769. The largest absolute Gasteiger partial charge is 0.445 e. The maximum absolute atomic E-state index is 5.91. The number of oxazole rings is 1. The van der Waals surface area contributed by atoms with Crippen LogP contribution in [0.4, 0.5) is 0 Å². The van der Waals surface area contributed by atoms with Gasteiger partial charge in [0.05, 0.1) is 5.69 Å². The number of hydrogen-bond acceptors (Lipinski definition) is 3. The number of aryl methyl sites for hydroxylation is 1. The first kappa shape index (κ1) is 11.6. The molecule has 0 aromatic carbocycles. The molecule has 0 aliphatic heterocycles. The van der Waals surface area contributed by atoms with Crippen molar-refractivity contribution < 1.29 is 4.42 Å². The molecule has 2 rings (SSSR count). The summed E-state index contributed by atoms with van der Waals surface area (Å²) in [6.45, 7) is 4.93. The van der Waals surface area contributed by atoms with E-state index in [-0.39, 0.29) is 5.41 Å². The molecule has 1 fully saturated rings. The fourth-order valence-electron chi connectivity index (χ4n) is 2.60. The van der Waals surface area contributed by atoms with Crippen LogP contribution < -0.4 is 5.73 Å². The first-order chi connectivity index (χ1) is 7.65. The summed E-state index contributed by atoms with van der Waals surface area (Å²) in [5.41, 5.74) is 6.75. The minimum Gasteiger partial charge on any atom is -0.445 e. The highest BCUT2D eigenvalue weighted by atomic mass is 16.4. The quantitative estimate of drug-likeness (QED) is 0.855. The van der Waals surface area contributed by atoms with Crippen molar-refractivity contribution in [3.05, 3.63) is 17.3 Å². The lowest BCUT2D eigenvalue weighted by atomic mass is 9.76. The Morgan fingerprint density at radius 1 is 1.31 bits per heavy atom. The van der Waals surface area contributed by atoms with Gasteiger partial charge in [-0.2, -0.15) is 0 Å². The second kappa shape index (κ2) is 4.58. The lowest BCUT2D eigenvalue weighted by Crippen LogP contribution is -2.25. The average Bonchev–Trinajstić information content (AvgIpc) is 2.63. The Morgan fingerprint density at radius 3 is 2.62 bits per heavy atom. The number of aromatic nitrogens is 1. The van der Waals surface area contributed by atoms with Crippen molar-refractivity contribution in [2.24, 2.45) is 5.73 Å². The molecule has 90 valence electrons. The van der Waals surface area contributed by atoms with Gasteiger partial charge < -0.3 is 10.2 Å². The monoisotopic (exact) mass is 222 g/mol. The van der Waals surface area contributed by atoms with Crippen LogP contribution in [-0.2, 0) is 11.8 Å². The van der Waals surface area contributed by atoms with E-state index in [9.17, 15) is 0 Å². The molecule has 1 aromatic heterocycles. The topological polar surface area (TPSA) is 52.0 Å². The van der Waals surface area contributed by atoms with Gasteiger partial charge in [-0.15, -0.1) is 0 Å². The molecular formula is C13H22N2O. The molecule has 1 aliphatic rings. The summed E-state index contributed by atoms with van der Waals surface area (Å²) in [4.78, 5) is 4.60. The van der Waals surface area contributed by atoms with Gasteiger partial charge in [-0.05, 0) is 26.3 Å². The summed E-state index contributed by atoms with van der Waals surface area (Å²) in [6, 6.07) is 0. The molecule has 0 atom stereocenters. The average molecular weight is 222 g/mol. The Morgan fingerprint density at radius 2 is 2.00 bits per heavy atom. The summed E-state index contributed by atoms with van der Waals surface area (Å²) in [5, 5.41) is 0. The Hall–Kier alpha value is -0.830. The third-order valence-electron chi connectivity index (χ3n) is 3.74. The molecule has 0 unspecified atom stereocenters. The van der Waals surface area contributed by atoms with Crippen LogP contribution in [0.25, 0.3) is 0 Å². The SMILES string of the molecule is Cc1nc(C2(C)CCCCC2)oc1CCN. The summed E-state index contributed by atoms with van der Waals surface area (Å²) in [7, 11) is 0. The summed E-state index contributed by atoms with van der Waals surface area (Å²) in [5.74, 6) is 1.91. The third-order valence-corrected chi connectivity index (χ3v) is 3.74. The van der Waals surface area contributed by atoms with Crippen LogP contribution in [0.2, 0.25) is 0 Å². The van der Waals surface area contributed by atoms with Gasteiger partial charge in [0, 0.05) is 11.8 Å². The predicted molar refractivity (Wildman–Crippen MR) is 64.4 cm³/mol. The Labute approximate surface area is 97.4 Å². The summed E-state index contributed by atoms with van der Waals surface area (Å²) in [6.07, 6.45) is 7.15. The van der Waals surface area contributed by atoms with Gasteiger partial charge in [0.25, 0.3) is 0 Å². The van der Waals surface area contributed by atoms with Crippen molar-refractivity contribution >= 4 is 0 Å². The molecule has 2 N–H and O–H groups in total. The van der Waals surface area contributed by atoms with E-state index in [1.165, 1.54) is 32.1 Å². The van der Waals surface area contributed by atoms with E-state index in [1.54, 1.807) is 0 Å². The predicted octanol–water partition coefficient (Wildman–Crippen LogP) is 2.71. The molecule has 0 radical (unpaired) electrons. The summed E-state index contributed by atoms with van der Waals surface area (Å²) < 4.78 is 5.91. The minimum atomic E-state index is 0.163. The van der Waals surface area contributed by atoms with Gasteiger partial charge in [-0.1, -0.05) is 26.2 Å². The highest BCUT2D eigenvalue weighted by Crippen LogP contribution is 2.39. The minimum absolute atomic E-state index is 0.163. The Kier molecular flexibility index (Phi) is 3.33. The van der Waals surface area contributed by atoms with E-state index in [4.69, 9.17) is 10.2 Å². The maximum atomic E-state index is 5.91. The van der Waals surface area contributed by atoms with E-state index in [0.717, 1.165) is 23.8 Å². The van der Waals surface area contributed by atoms with E-state index in [1.807, 2.05) is 6.92 Å². The van der Waals surface area contributed by atoms with Crippen molar-refractivity contribution in [2.75, 3.05) is 6.54 Å². The molecule has 1 saturated carbocycles.